The molecule has 154 valence electrons. The fourth-order valence-corrected chi connectivity index (χ4v) is 3.54. The van der Waals surface area contributed by atoms with Gasteiger partial charge in [0.25, 0.3) is 5.91 Å². The van der Waals surface area contributed by atoms with Crippen molar-refractivity contribution in [3.05, 3.63) is 30.0 Å². The third kappa shape index (κ3) is 5.50. The second-order valence-electron chi connectivity index (χ2n) is 7.17. The van der Waals surface area contributed by atoms with Gasteiger partial charge in [-0.3, -0.25) is 4.79 Å². The van der Waals surface area contributed by atoms with E-state index in [0.717, 1.165) is 44.2 Å². The number of benzene rings is 1. The Hall–Kier alpha value is -2.50. The Morgan fingerprint density at radius 2 is 2.14 bits per heavy atom. The van der Waals surface area contributed by atoms with Crippen LogP contribution in [0, 0.1) is 0 Å². The van der Waals surface area contributed by atoms with E-state index in [1.807, 2.05) is 11.8 Å². The molecule has 28 heavy (non-hydrogen) atoms. The van der Waals surface area contributed by atoms with Gasteiger partial charge in [0.1, 0.15) is 6.29 Å². The van der Waals surface area contributed by atoms with Gasteiger partial charge in [0.2, 0.25) is 0 Å². The van der Waals surface area contributed by atoms with Crippen molar-refractivity contribution in [2.75, 3.05) is 25.6 Å². The van der Waals surface area contributed by atoms with Crippen LogP contribution in [-0.4, -0.2) is 43.4 Å². The van der Waals surface area contributed by atoms with Crippen molar-refractivity contribution < 1.29 is 19.1 Å². The smallest absolute Gasteiger partial charge is 0.256 e. The molecule has 1 saturated heterocycles. The first-order valence-corrected chi connectivity index (χ1v) is 10.0. The molecule has 1 aliphatic rings. The first-order valence-electron chi connectivity index (χ1n) is 10.0. The van der Waals surface area contributed by atoms with Crippen LogP contribution >= 0.6 is 0 Å². The number of unbranched alkanes of at least 4 members (excludes halogenated alkanes) is 1. The number of rotatable bonds is 10. The molecule has 0 bridgehead atoms. The highest BCUT2D eigenvalue weighted by atomic mass is 16.5. The van der Waals surface area contributed by atoms with Crippen molar-refractivity contribution in [3.8, 4) is 11.5 Å². The van der Waals surface area contributed by atoms with E-state index in [-0.39, 0.29) is 11.9 Å². The van der Waals surface area contributed by atoms with E-state index in [1.54, 1.807) is 19.2 Å². The number of nitrogens with zero attached hydrogens (tertiary/aromatic N) is 1. The van der Waals surface area contributed by atoms with Gasteiger partial charge in [-0.1, -0.05) is 13.5 Å². The monoisotopic (exact) mass is 388 g/mol. The molecule has 1 atom stereocenters. The standard InChI is InChI=1S/C22H32N2O4/c1-5-17-10-6-7-11-24(17)22(26)18-14-20(27-4)21(28-13-9-8-12-25)15-19(18)23-16(2)3/h12,14-15,17,23H,2,5-11,13H2,1,3-4H3. The fourth-order valence-electron chi connectivity index (χ4n) is 3.54. The van der Waals surface area contributed by atoms with Crippen LogP contribution in [0.4, 0.5) is 5.69 Å². The molecular weight excluding hydrogens is 356 g/mol. The molecule has 0 aromatic heterocycles. The van der Waals surface area contributed by atoms with E-state index in [0.29, 0.717) is 42.2 Å². The van der Waals surface area contributed by atoms with Crippen LogP contribution in [0.1, 0.15) is 62.7 Å². The number of hydrogen-bond acceptors (Lipinski definition) is 5. The van der Waals surface area contributed by atoms with Crippen molar-refractivity contribution in [2.45, 2.75) is 58.4 Å². The molecule has 2 rings (SSSR count). The highest BCUT2D eigenvalue weighted by molar-refractivity contribution is 6.01. The van der Waals surface area contributed by atoms with Crippen LogP contribution < -0.4 is 14.8 Å². The quantitative estimate of drug-likeness (QED) is 0.475. The number of allylic oxidation sites excluding steroid dienone is 1. The number of hydrogen-bond donors (Lipinski definition) is 1. The number of carbonyl (C=O) groups is 2. The minimum atomic E-state index is 0.00102. The highest BCUT2D eigenvalue weighted by Crippen LogP contribution is 2.36. The average molecular weight is 389 g/mol. The van der Waals surface area contributed by atoms with Gasteiger partial charge in [-0.05, 0) is 45.1 Å². The van der Waals surface area contributed by atoms with Gasteiger partial charge in [0, 0.05) is 30.8 Å². The largest absolute Gasteiger partial charge is 0.493 e. The lowest BCUT2D eigenvalue weighted by atomic mass is 9.98. The normalized spacial score (nSPS) is 16.4. The molecule has 1 aromatic rings. The van der Waals surface area contributed by atoms with Crippen molar-refractivity contribution in [2.24, 2.45) is 0 Å². The number of piperidine rings is 1. The minimum Gasteiger partial charge on any atom is -0.493 e. The number of aldehydes is 1. The summed E-state index contributed by atoms with van der Waals surface area (Å²) in [5.41, 5.74) is 1.95. The zero-order valence-electron chi connectivity index (χ0n) is 17.3. The zero-order valence-corrected chi connectivity index (χ0v) is 17.3. The Kier molecular flexibility index (Phi) is 8.36. The van der Waals surface area contributed by atoms with E-state index >= 15 is 0 Å². The van der Waals surface area contributed by atoms with E-state index in [9.17, 15) is 9.59 Å². The number of likely N-dealkylation sites (tertiary alicyclic amines) is 1. The lowest BCUT2D eigenvalue weighted by Crippen LogP contribution is -2.43. The molecular formula is C22H32N2O4. The van der Waals surface area contributed by atoms with Crippen molar-refractivity contribution in [1.82, 2.24) is 4.90 Å². The fraction of sp³-hybridized carbons (Fsp3) is 0.545. The third-order valence-corrected chi connectivity index (χ3v) is 4.97. The van der Waals surface area contributed by atoms with Crippen LogP contribution in [0.25, 0.3) is 0 Å². The van der Waals surface area contributed by atoms with Crippen LogP contribution in [0.3, 0.4) is 0 Å². The van der Waals surface area contributed by atoms with Gasteiger partial charge in [0.15, 0.2) is 11.5 Å². The van der Waals surface area contributed by atoms with Gasteiger partial charge in [-0.25, -0.2) is 0 Å². The van der Waals surface area contributed by atoms with Crippen LogP contribution in [0.5, 0.6) is 11.5 Å². The highest BCUT2D eigenvalue weighted by Gasteiger charge is 2.28. The summed E-state index contributed by atoms with van der Waals surface area (Å²) in [4.78, 5) is 25.8. The van der Waals surface area contributed by atoms with E-state index < -0.39 is 0 Å². The lowest BCUT2D eigenvalue weighted by Gasteiger charge is -2.36. The molecule has 1 aliphatic heterocycles. The van der Waals surface area contributed by atoms with Gasteiger partial charge in [-0.15, -0.1) is 0 Å². The summed E-state index contributed by atoms with van der Waals surface area (Å²) in [5.74, 6) is 1.05. The van der Waals surface area contributed by atoms with Gasteiger partial charge in [0.05, 0.1) is 25.0 Å². The predicted molar refractivity (Wildman–Crippen MR) is 111 cm³/mol. The van der Waals surface area contributed by atoms with E-state index in [4.69, 9.17) is 9.47 Å². The molecule has 0 spiro atoms. The molecule has 0 aliphatic carbocycles. The van der Waals surface area contributed by atoms with Crippen molar-refractivity contribution >= 4 is 17.9 Å². The maximum atomic E-state index is 13.4. The maximum absolute atomic E-state index is 13.4. The first kappa shape index (κ1) is 21.8. The Bertz CT molecular complexity index is 702. The van der Waals surface area contributed by atoms with Crippen LogP contribution in [-0.2, 0) is 4.79 Å². The molecule has 1 aromatic carbocycles. The molecule has 0 saturated carbocycles. The second-order valence-corrected chi connectivity index (χ2v) is 7.17. The molecule has 1 unspecified atom stereocenters. The molecule has 0 radical (unpaired) electrons. The number of methoxy groups -OCH3 is 1. The van der Waals surface area contributed by atoms with Crippen LogP contribution in [0.15, 0.2) is 24.4 Å². The topological polar surface area (TPSA) is 67.9 Å². The average Bonchev–Trinajstić information content (AvgIpc) is 2.70. The molecule has 1 heterocycles. The van der Waals surface area contributed by atoms with Gasteiger partial charge in [-0.2, -0.15) is 0 Å². The number of amides is 1. The zero-order chi connectivity index (χ0) is 20.5. The molecule has 6 heteroatoms. The van der Waals surface area contributed by atoms with E-state index in [1.165, 1.54) is 0 Å². The minimum absolute atomic E-state index is 0.00102. The Balaban J connectivity index is 2.36. The number of ether oxygens (including phenoxy) is 2. The summed E-state index contributed by atoms with van der Waals surface area (Å²) in [5, 5.41) is 3.19. The predicted octanol–water partition coefficient (Wildman–Crippen LogP) is 4.40. The Morgan fingerprint density at radius 1 is 1.36 bits per heavy atom. The third-order valence-electron chi connectivity index (χ3n) is 4.97. The number of carbonyl (C=O) groups excluding carboxylic acids is 2. The lowest BCUT2D eigenvalue weighted by molar-refractivity contribution is -0.108. The number of anilines is 1. The Morgan fingerprint density at radius 3 is 2.79 bits per heavy atom. The van der Waals surface area contributed by atoms with E-state index in [2.05, 4.69) is 18.8 Å². The molecule has 1 N–H and O–H groups in total. The summed E-state index contributed by atoms with van der Waals surface area (Å²) < 4.78 is 11.3. The molecule has 1 amide bonds. The SMILES string of the molecule is C=C(C)Nc1cc(OCCCC=O)c(OC)cc1C(=O)N1CCCCC1CC. The summed E-state index contributed by atoms with van der Waals surface area (Å²) in [6.45, 7) is 9.05. The summed E-state index contributed by atoms with van der Waals surface area (Å²) in [6, 6.07) is 3.79. The van der Waals surface area contributed by atoms with Crippen LogP contribution in [0.2, 0.25) is 0 Å². The maximum Gasteiger partial charge on any atom is 0.256 e. The van der Waals surface area contributed by atoms with Crippen molar-refractivity contribution in [3.63, 3.8) is 0 Å². The summed E-state index contributed by atoms with van der Waals surface area (Å²) in [7, 11) is 1.56. The molecule has 6 nitrogen and oxygen atoms in total. The second kappa shape index (κ2) is 10.7. The van der Waals surface area contributed by atoms with Gasteiger partial charge >= 0.3 is 0 Å². The van der Waals surface area contributed by atoms with Gasteiger partial charge < -0.3 is 24.5 Å². The summed E-state index contributed by atoms with van der Waals surface area (Å²) in [6.07, 6.45) is 6.13. The summed E-state index contributed by atoms with van der Waals surface area (Å²) >= 11 is 0. The first-order chi connectivity index (χ1) is 13.5. The number of nitrogens with one attached hydrogen (secondary N) is 1. The molecule has 1 fully saturated rings. The van der Waals surface area contributed by atoms with Crippen molar-refractivity contribution in [1.29, 1.82) is 0 Å². The Labute approximate surface area is 167 Å².